The standard InChI is InChI=1S/C32H30F3N5O3S/c1-4-5-14-30-36-25-17-23(32(33,34)35)15-16-27(25)40(30)19-22-18-39(26-11-7-6-10-24(22)26)28-12-8-9-13-29(28)44(41,42)38-31-20(2)21(3)37-43-31/h6-13,15-18,38H,4-5,14,19H2,1-3H3. The summed E-state index contributed by atoms with van der Waals surface area (Å²) in [5.41, 5.74) is 3.38. The monoisotopic (exact) mass is 621 g/mol. The highest BCUT2D eigenvalue weighted by Gasteiger charge is 2.31. The summed E-state index contributed by atoms with van der Waals surface area (Å²) >= 11 is 0. The van der Waals surface area contributed by atoms with Crippen LogP contribution in [-0.2, 0) is 29.2 Å². The predicted molar refractivity (Wildman–Crippen MR) is 163 cm³/mol. The summed E-state index contributed by atoms with van der Waals surface area (Å²) in [6, 6.07) is 17.9. The highest BCUT2D eigenvalue weighted by Crippen LogP contribution is 2.34. The third-order valence-electron chi connectivity index (χ3n) is 7.83. The molecule has 228 valence electrons. The number of fused-ring (bicyclic) bond motifs is 2. The molecule has 0 saturated carbocycles. The Hall–Kier alpha value is -4.58. The lowest BCUT2D eigenvalue weighted by Crippen LogP contribution is -2.15. The van der Waals surface area contributed by atoms with E-state index in [1.54, 1.807) is 32.0 Å². The second-order valence-electron chi connectivity index (χ2n) is 10.8. The highest BCUT2D eigenvalue weighted by molar-refractivity contribution is 7.92. The first-order valence-corrected chi connectivity index (χ1v) is 15.7. The van der Waals surface area contributed by atoms with E-state index in [2.05, 4.69) is 14.9 Å². The number of alkyl halides is 3. The maximum absolute atomic E-state index is 13.6. The molecule has 0 aliphatic heterocycles. The van der Waals surface area contributed by atoms with Crippen LogP contribution >= 0.6 is 0 Å². The van der Waals surface area contributed by atoms with E-state index in [1.165, 1.54) is 12.1 Å². The van der Waals surface area contributed by atoms with E-state index in [0.29, 0.717) is 41.3 Å². The van der Waals surface area contributed by atoms with Crippen LogP contribution in [0.2, 0.25) is 0 Å². The van der Waals surface area contributed by atoms with Crippen molar-refractivity contribution in [1.82, 2.24) is 19.3 Å². The Labute approximate surface area is 252 Å². The van der Waals surface area contributed by atoms with Crippen molar-refractivity contribution >= 4 is 37.8 Å². The molecular formula is C32H30F3N5O3S. The summed E-state index contributed by atoms with van der Waals surface area (Å²) < 4.78 is 79.2. The van der Waals surface area contributed by atoms with Gasteiger partial charge >= 0.3 is 6.18 Å². The maximum atomic E-state index is 13.6. The first kappa shape index (κ1) is 29.5. The normalized spacial score (nSPS) is 12.4. The number of unbranched alkanes of at least 4 members (excludes halogenated alkanes) is 1. The van der Waals surface area contributed by atoms with Crippen LogP contribution in [-0.4, -0.2) is 27.7 Å². The van der Waals surface area contributed by atoms with Gasteiger partial charge < -0.3 is 13.7 Å². The van der Waals surface area contributed by atoms with Gasteiger partial charge in [0, 0.05) is 23.6 Å². The summed E-state index contributed by atoms with van der Waals surface area (Å²) in [7, 11) is -4.08. The van der Waals surface area contributed by atoms with E-state index in [-0.39, 0.29) is 16.3 Å². The molecule has 0 aliphatic carbocycles. The van der Waals surface area contributed by atoms with E-state index in [4.69, 9.17) is 4.52 Å². The Morgan fingerprint density at radius 1 is 0.977 bits per heavy atom. The van der Waals surface area contributed by atoms with E-state index in [0.717, 1.165) is 41.4 Å². The number of rotatable bonds is 9. The number of aryl methyl sites for hydroxylation is 2. The second kappa shape index (κ2) is 11.2. The van der Waals surface area contributed by atoms with Gasteiger partial charge in [-0.3, -0.25) is 0 Å². The van der Waals surface area contributed by atoms with Crippen LogP contribution in [0.4, 0.5) is 19.1 Å². The molecule has 3 aromatic heterocycles. The highest BCUT2D eigenvalue weighted by atomic mass is 32.2. The van der Waals surface area contributed by atoms with E-state index < -0.39 is 21.8 Å². The molecular weight excluding hydrogens is 591 g/mol. The summed E-state index contributed by atoms with van der Waals surface area (Å²) in [5.74, 6) is 0.749. The van der Waals surface area contributed by atoms with Gasteiger partial charge in [-0.15, -0.1) is 0 Å². The van der Waals surface area contributed by atoms with E-state index in [1.807, 2.05) is 46.5 Å². The minimum atomic E-state index is -4.47. The topological polar surface area (TPSA) is 95.0 Å². The molecule has 0 spiro atoms. The maximum Gasteiger partial charge on any atom is 0.416 e. The predicted octanol–water partition coefficient (Wildman–Crippen LogP) is 7.80. The van der Waals surface area contributed by atoms with Crippen molar-refractivity contribution in [2.75, 3.05) is 4.72 Å². The van der Waals surface area contributed by atoms with Crippen LogP contribution in [0.3, 0.4) is 0 Å². The van der Waals surface area contributed by atoms with Crippen molar-refractivity contribution < 1.29 is 26.1 Å². The van der Waals surface area contributed by atoms with Crippen LogP contribution in [0.25, 0.3) is 27.6 Å². The SMILES string of the molecule is CCCCc1nc2cc(C(F)(F)F)ccc2n1Cc1cn(-c2ccccc2S(=O)(=O)Nc2onc(C)c2C)c2ccccc12. The zero-order valence-electron chi connectivity index (χ0n) is 24.3. The molecule has 0 aliphatic rings. The first-order chi connectivity index (χ1) is 21.0. The lowest BCUT2D eigenvalue weighted by molar-refractivity contribution is -0.137. The lowest BCUT2D eigenvalue weighted by atomic mass is 10.1. The Morgan fingerprint density at radius 2 is 1.73 bits per heavy atom. The van der Waals surface area contributed by atoms with Crippen molar-refractivity contribution in [3.63, 3.8) is 0 Å². The molecule has 6 aromatic rings. The van der Waals surface area contributed by atoms with E-state index in [9.17, 15) is 21.6 Å². The largest absolute Gasteiger partial charge is 0.416 e. The van der Waals surface area contributed by atoms with Gasteiger partial charge in [0.15, 0.2) is 0 Å². The van der Waals surface area contributed by atoms with E-state index >= 15 is 0 Å². The van der Waals surface area contributed by atoms with Crippen LogP contribution < -0.4 is 4.72 Å². The third-order valence-corrected chi connectivity index (χ3v) is 9.21. The molecule has 3 aromatic carbocycles. The fourth-order valence-corrected chi connectivity index (χ4v) is 6.62. The molecule has 0 unspecified atom stereocenters. The number of hydrogen-bond donors (Lipinski definition) is 1. The van der Waals surface area contributed by atoms with Gasteiger partial charge in [0.25, 0.3) is 10.0 Å². The van der Waals surface area contributed by atoms with Crippen LogP contribution in [0, 0.1) is 13.8 Å². The van der Waals surface area contributed by atoms with Gasteiger partial charge in [0.05, 0.1) is 40.0 Å². The van der Waals surface area contributed by atoms with Gasteiger partial charge in [0.1, 0.15) is 10.7 Å². The number of anilines is 1. The number of para-hydroxylation sites is 2. The number of nitrogens with zero attached hydrogens (tertiary/aromatic N) is 4. The summed E-state index contributed by atoms with van der Waals surface area (Å²) in [5, 5.41) is 4.73. The van der Waals surface area contributed by atoms with Crippen molar-refractivity contribution in [3.8, 4) is 5.69 Å². The first-order valence-electron chi connectivity index (χ1n) is 14.2. The van der Waals surface area contributed by atoms with Gasteiger partial charge in [-0.05, 0) is 62.2 Å². The van der Waals surface area contributed by atoms with Gasteiger partial charge in [0.2, 0.25) is 5.88 Å². The fraction of sp³-hybridized carbons (Fsp3) is 0.250. The number of hydrogen-bond acceptors (Lipinski definition) is 5. The summed E-state index contributed by atoms with van der Waals surface area (Å²) in [4.78, 5) is 4.65. The van der Waals surface area contributed by atoms with Crippen molar-refractivity contribution in [1.29, 1.82) is 0 Å². The second-order valence-corrected chi connectivity index (χ2v) is 12.4. The van der Waals surface area contributed by atoms with Gasteiger partial charge in [-0.1, -0.05) is 48.8 Å². The Morgan fingerprint density at radius 3 is 2.45 bits per heavy atom. The molecule has 0 bridgehead atoms. The number of halogens is 3. The summed E-state index contributed by atoms with van der Waals surface area (Å²) in [6.07, 6.45) is -0.244. The Kier molecular flexibility index (Phi) is 7.48. The van der Waals surface area contributed by atoms with Crippen molar-refractivity contribution in [2.24, 2.45) is 0 Å². The molecule has 1 N–H and O–H groups in total. The molecule has 0 radical (unpaired) electrons. The number of imidazole rings is 1. The summed E-state index contributed by atoms with van der Waals surface area (Å²) in [6.45, 7) is 5.83. The zero-order chi connectivity index (χ0) is 31.2. The number of sulfonamides is 1. The molecule has 0 saturated heterocycles. The van der Waals surface area contributed by atoms with Gasteiger partial charge in [-0.25, -0.2) is 18.1 Å². The third kappa shape index (κ3) is 5.34. The van der Waals surface area contributed by atoms with Crippen molar-refractivity contribution in [3.05, 3.63) is 101 Å². The average Bonchev–Trinajstić information content (AvgIpc) is 3.64. The molecule has 44 heavy (non-hydrogen) atoms. The minimum Gasteiger partial charge on any atom is -0.337 e. The quantitative estimate of drug-likeness (QED) is 0.178. The molecule has 6 rings (SSSR count). The van der Waals surface area contributed by atoms with Crippen LogP contribution in [0.1, 0.15) is 48.0 Å². The van der Waals surface area contributed by atoms with Crippen molar-refractivity contribution in [2.45, 2.75) is 57.7 Å². The molecule has 8 nitrogen and oxygen atoms in total. The lowest BCUT2D eigenvalue weighted by Gasteiger charge is -2.13. The Bertz CT molecular complexity index is 2110. The van der Waals surface area contributed by atoms with Crippen LogP contribution in [0.15, 0.2) is 82.3 Å². The minimum absolute atomic E-state index is 0.0390. The molecule has 0 amide bonds. The molecule has 0 fully saturated rings. The Balaban J connectivity index is 1.47. The smallest absolute Gasteiger partial charge is 0.337 e. The average molecular weight is 622 g/mol. The number of nitrogens with one attached hydrogen (secondary N) is 1. The number of benzene rings is 3. The van der Waals surface area contributed by atoms with Crippen LogP contribution in [0.5, 0.6) is 0 Å². The molecule has 0 atom stereocenters. The molecule has 3 heterocycles. The zero-order valence-corrected chi connectivity index (χ0v) is 25.1. The fourth-order valence-electron chi connectivity index (χ4n) is 5.37. The molecule has 12 heteroatoms. The van der Waals surface area contributed by atoms with Gasteiger partial charge in [-0.2, -0.15) is 13.2 Å². The number of aromatic nitrogens is 4.